The molecule has 9 heteroatoms. The van der Waals surface area contributed by atoms with Gasteiger partial charge in [0.1, 0.15) is 11.3 Å². The van der Waals surface area contributed by atoms with Crippen molar-refractivity contribution in [2.24, 2.45) is 0 Å². The molecule has 1 aromatic heterocycles. The second-order valence-electron chi connectivity index (χ2n) is 6.13. The Hall–Kier alpha value is -3.88. The molecule has 0 aliphatic carbocycles. The van der Waals surface area contributed by atoms with E-state index in [0.717, 1.165) is 6.07 Å². The van der Waals surface area contributed by atoms with Gasteiger partial charge in [-0.2, -0.15) is 13.2 Å². The average molecular weight is 401 g/mol. The van der Waals surface area contributed by atoms with Gasteiger partial charge in [0, 0.05) is 17.5 Å². The monoisotopic (exact) mass is 401 g/mol. The normalized spacial score (nSPS) is 11.7. The zero-order valence-electron chi connectivity index (χ0n) is 14.4. The molecule has 0 saturated carbocycles. The van der Waals surface area contributed by atoms with Crippen molar-refractivity contribution >= 4 is 27.4 Å². The molecule has 6 nitrogen and oxygen atoms in total. The van der Waals surface area contributed by atoms with Crippen molar-refractivity contribution in [1.29, 1.82) is 0 Å². The van der Waals surface area contributed by atoms with E-state index in [1.165, 1.54) is 12.1 Å². The third kappa shape index (κ3) is 3.38. The van der Waals surface area contributed by atoms with Crippen LogP contribution >= 0.6 is 0 Å². The van der Waals surface area contributed by atoms with E-state index in [4.69, 9.17) is 9.15 Å². The maximum Gasteiger partial charge on any atom is 0.416 e. The van der Waals surface area contributed by atoms with Crippen LogP contribution in [0.1, 0.15) is 5.56 Å². The van der Waals surface area contributed by atoms with Crippen molar-refractivity contribution < 1.29 is 27.2 Å². The molecule has 0 saturated heterocycles. The van der Waals surface area contributed by atoms with Crippen molar-refractivity contribution in [3.05, 3.63) is 86.8 Å². The number of fused-ring (bicyclic) bond motifs is 3. The maximum atomic E-state index is 12.8. The van der Waals surface area contributed by atoms with E-state index in [1.54, 1.807) is 30.3 Å². The lowest BCUT2D eigenvalue weighted by atomic mass is 10.1. The standard InChI is InChI=1S/C20H10F3NO5/c21-20(22,23)11-5-8-17(16(9-11)24(26)27)28-12-6-7-14-13-3-1-2-4-15(13)19(25)29-18(14)10-12/h1-10H. The van der Waals surface area contributed by atoms with Gasteiger partial charge in [-0.1, -0.05) is 18.2 Å². The van der Waals surface area contributed by atoms with Gasteiger partial charge in [0.2, 0.25) is 5.75 Å². The molecule has 4 rings (SSSR count). The second kappa shape index (κ2) is 6.62. The number of benzene rings is 3. The van der Waals surface area contributed by atoms with Crippen LogP contribution in [-0.2, 0) is 6.18 Å². The molecule has 0 amide bonds. The van der Waals surface area contributed by atoms with E-state index in [9.17, 15) is 28.1 Å². The molecule has 0 atom stereocenters. The fraction of sp³-hybridized carbons (Fsp3) is 0.0500. The van der Waals surface area contributed by atoms with E-state index < -0.39 is 28.0 Å². The van der Waals surface area contributed by atoms with Crippen LogP contribution in [0, 0.1) is 10.1 Å². The number of hydrogen-bond donors (Lipinski definition) is 0. The van der Waals surface area contributed by atoms with Crippen LogP contribution in [0.4, 0.5) is 18.9 Å². The zero-order chi connectivity index (χ0) is 20.8. The minimum atomic E-state index is -4.73. The molecule has 0 aliphatic rings. The van der Waals surface area contributed by atoms with Crippen LogP contribution < -0.4 is 10.4 Å². The number of ether oxygens (including phenoxy) is 1. The number of nitro groups is 1. The fourth-order valence-corrected chi connectivity index (χ4v) is 2.97. The predicted molar refractivity (Wildman–Crippen MR) is 98.2 cm³/mol. The third-order valence-corrected chi connectivity index (χ3v) is 4.30. The molecule has 29 heavy (non-hydrogen) atoms. The Balaban J connectivity index is 1.79. The van der Waals surface area contributed by atoms with E-state index in [-0.39, 0.29) is 17.1 Å². The molecule has 0 N–H and O–H groups in total. The highest BCUT2D eigenvalue weighted by Gasteiger charge is 2.33. The maximum absolute atomic E-state index is 12.8. The molecule has 0 radical (unpaired) electrons. The summed E-state index contributed by atoms with van der Waals surface area (Å²) in [7, 11) is 0. The summed E-state index contributed by atoms with van der Waals surface area (Å²) in [5.41, 5.74) is -2.38. The average Bonchev–Trinajstić information content (AvgIpc) is 2.67. The Morgan fingerprint density at radius 1 is 0.931 bits per heavy atom. The van der Waals surface area contributed by atoms with Gasteiger partial charge in [-0.25, -0.2) is 4.79 Å². The molecule has 1 heterocycles. The number of alkyl halides is 3. The smallest absolute Gasteiger partial charge is 0.416 e. The number of halogens is 3. The molecule has 4 aromatic rings. The minimum Gasteiger partial charge on any atom is -0.450 e. The van der Waals surface area contributed by atoms with Gasteiger partial charge in [-0.15, -0.1) is 0 Å². The van der Waals surface area contributed by atoms with Crippen LogP contribution in [0.15, 0.2) is 69.9 Å². The van der Waals surface area contributed by atoms with Gasteiger partial charge in [0.25, 0.3) is 0 Å². The first kappa shape index (κ1) is 18.5. The zero-order valence-corrected chi connectivity index (χ0v) is 14.4. The number of hydrogen-bond acceptors (Lipinski definition) is 5. The lowest BCUT2D eigenvalue weighted by Crippen LogP contribution is -2.06. The first-order valence-electron chi connectivity index (χ1n) is 8.23. The van der Waals surface area contributed by atoms with Crippen molar-refractivity contribution in [2.75, 3.05) is 0 Å². The van der Waals surface area contributed by atoms with Gasteiger partial charge < -0.3 is 9.15 Å². The number of nitrogens with zero attached hydrogens (tertiary/aromatic N) is 1. The predicted octanol–water partition coefficient (Wildman–Crippen LogP) is 5.67. The lowest BCUT2D eigenvalue weighted by Gasteiger charge is -2.10. The molecular formula is C20H10F3NO5. The molecule has 146 valence electrons. The number of rotatable bonds is 3. The topological polar surface area (TPSA) is 82.6 Å². The van der Waals surface area contributed by atoms with Crippen LogP contribution in [0.25, 0.3) is 21.7 Å². The van der Waals surface area contributed by atoms with Gasteiger partial charge in [-0.05, 0) is 35.7 Å². The summed E-state index contributed by atoms with van der Waals surface area (Å²) in [5, 5.41) is 12.9. The first-order valence-corrected chi connectivity index (χ1v) is 8.23. The molecule has 0 fully saturated rings. The Bertz CT molecular complexity index is 1330. The quantitative estimate of drug-likeness (QED) is 0.191. The van der Waals surface area contributed by atoms with E-state index in [0.29, 0.717) is 28.3 Å². The molecule has 0 aliphatic heterocycles. The first-order chi connectivity index (χ1) is 13.7. The summed E-state index contributed by atoms with van der Waals surface area (Å²) in [6, 6.07) is 13.2. The third-order valence-electron chi connectivity index (χ3n) is 4.30. The highest BCUT2D eigenvalue weighted by atomic mass is 19.4. The largest absolute Gasteiger partial charge is 0.450 e. The van der Waals surface area contributed by atoms with Crippen molar-refractivity contribution in [1.82, 2.24) is 0 Å². The molecule has 3 aromatic carbocycles. The molecule has 0 unspecified atom stereocenters. The fourth-order valence-electron chi connectivity index (χ4n) is 2.97. The second-order valence-corrected chi connectivity index (χ2v) is 6.13. The summed E-state index contributed by atoms with van der Waals surface area (Å²) in [6.07, 6.45) is -4.73. The molecule has 0 spiro atoms. The lowest BCUT2D eigenvalue weighted by molar-refractivity contribution is -0.385. The van der Waals surface area contributed by atoms with Gasteiger partial charge in [0.15, 0.2) is 0 Å². The summed E-state index contributed by atoms with van der Waals surface area (Å²) in [6.45, 7) is 0. The van der Waals surface area contributed by atoms with E-state index >= 15 is 0 Å². The molecule has 0 bridgehead atoms. The Morgan fingerprint density at radius 2 is 1.66 bits per heavy atom. The SMILES string of the molecule is O=c1oc2cc(Oc3ccc(C(F)(F)F)cc3[N+](=O)[O-])ccc2c2ccccc12. The number of nitro benzene ring substituents is 1. The summed E-state index contributed by atoms with van der Waals surface area (Å²) in [4.78, 5) is 22.4. The minimum absolute atomic E-state index is 0.0683. The van der Waals surface area contributed by atoms with Crippen molar-refractivity contribution in [2.45, 2.75) is 6.18 Å². The summed E-state index contributed by atoms with van der Waals surface area (Å²) in [5.74, 6) is -0.302. The van der Waals surface area contributed by atoms with Crippen LogP contribution in [0.5, 0.6) is 11.5 Å². The summed E-state index contributed by atoms with van der Waals surface area (Å²) < 4.78 is 49.2. The Morgan fingerprint density at radius 3 is 2.34 bits per heavy atom. The van der Waals surface area contributed by atoms with Gasteiger partial charge in [-0.3, -0.25) is 10.1 Å². The van der Waals surface area contributed by atoms with Crippen molar-refractivity contribution in [3.63, 3.8) is 0 Å². The van der Waals surface area contributed by atoms with E-state index in [1.807, 2.05) is 0 Å². The van der Waals surface area contributed by atoms with Crippen LogP contribution in [-0.4, -0.2) is 4.92 Å². The highest BCUT2D eigenvalue weighted by molar-refractivity contribution is 6.04. The summed E-state index contributed by atoms with van der Waals surface area (Å²) >= 11 is 0. The van der Waals surface area contributed by atoms with Gasteiger partial charge in [0.05, 0.1) is 15.9 Å². The Labute approximate surface area is 159 Å². The van der Waals surface area contributed by atoms with E-state index in [2.05, 4.69) is 0 Å². The highest BCUT2D eigenvalue weighted by Crippen LogP contribution is 2.38. The van der Waals surface area contributed by atoms with Crippen LogP contribution in [0.2, 0.25) is 0 Å². The van der Waals surface area contributed by atoms with Crippen molar-refractivity contribution in [3.8, 4) is 11.5 Å². The van der Waals surface area contributed by atoms with Crippen LogP contribution in [0.3, 0.4) is 0 Å². The van der Waals surface area contributed by atoms with Gasteiger partial charge >= 0.3 is 17.5 Å². The Kier molecular flexibility index (Phi) is 4.22. The molecular weight excluding hydrogens is 391 g/mol.